The molecule has 0 bridgehead atoms. The van der Waals surface area contributed by atoms with Gasteiger partial charge in [0.15, 0.2) is 0 Å². The molecule has 0 saturated carbocycles. The van der Waals surface area contributed by atoms with Crippen LogP contribution in [0.15, 0.2) is 22.7 Å². The van der Waals surface area contributed by atoms with Crippen LogP contribution < -0.4 is 10.6 Å². The van der Waals surface area contributed by atoms with E-state index in [2.05, 4.69) is 45.3 Å². The number of rotatable bonds is 6. The molecule has 1 aliphatic rings. The Morgan fingerprint density at radius 1 is 1.15 bits per heavy atom. The molecule has 1 fully saturated rings. The summed E-state index contributed by atoms with van der Waals surface area (Å²) in [4.78, 5) is 27.2. The van der Waals surface area contributed by atoms with E-state index in [0.717, 1.165) is 41.7 Å². The van der Waals surface area contributed by atoms with Crippen LogP contribution in [0.2, 0.25) is 0 Å². The van der Waals surface area contributed by atoms with Crippen LogP contribution in [-0.4, -0.2) is 41.9 Å². The summed E-state index contributed by atoms with van der Waals surface area (Å²) < 4.78 is 0.887. The highest BCUT2D eigenvalue weighted by Crippen LogP contribution is 2.25. The van der Waals surface area contributed by atoms with Gasteiger partial charge in [-0.3, -0.25) is 14.5 Å². The van der Waals surface area contributed by atoms with Crippen LogP contribution in [0.5, 0.6) is 0 Å². The third kappa shape index (κ3) is 6.04. The molecule has 1 aromatic rings. The van der Waals surface area contributed by atoms with Gasteiger partial charge in [0, 0.05) is 16.4 Å². The van der Waals surface area contributed by atoms with E-state index in [1.165, 1.54) is 0 Å². The van der Waals surface area contributed by atoms with Crippen LogP contribution in [0.25, 0.3) is 0 Å². The van der Waals surface area contributed by atoms with E-state index in [1.54, 1.807) is 0 Å². The first-order chi connectivity index (χ1) is 12.7. The molecule has 2 amide bonds. The fraction of sp³-hybridized carbons (Fsp3) is 0.619. The lowest BCUT2D eigenvalue weighted by molar-refractivity contribution is -0.128. The molecule has 0 radical (unpaired) electrons. The second kappa shape index (κ2) is 9.69. The number of likely N-dealkylation sites (tertiary alicyclic amines) is 1. The molecule has 2 atom stereocenters. The molecule has 6 heteroatoms. The third-order valence-electron chi connectivity index (χ3n) is 5.58. The zero-order valence-electron chi connectivity index (χ0n) is 17.0. The van der Waals surface area contributed by atoms with Crippen molar-refractivity contribution in [2.45, 2.75) is 59.5 Å². The average molecular weight is 438 g/mol. The number of piperidine rings is 1. The Balaban J connectivity index is 1.85. The lowest BCUT2D eigenvalue weighted by Gasteiger charge is -2.35. The molecule has 1 saturated heterocycles. The largest absolute Gasteiger partial charge is 0.353 e. The van der Waals surface area contributed by atoms with Gasteiger partial charge >= 0.3 is 0 Å². The first-order valence-electron chi connectivity index (χ1n) is 9.80. The molecule has 1 aliphatic heterocycles. The van der Waals surface area contributed by atoms with E-state index in [1.807, 2.05) is 39.0 Å². The van der Waals surface area contributed by atoms with Crippen LogP contribution in [0.3, 0.4) is 0 Å². The molecular formula is C21H32BrN3O2. The summed E-state index contributed by atoms with van der Waals surface area (Å²) in [5.41, 5.74) is 1.93. The van der Waals surface area contributed by atoms with Gasteiger partial charge in [0.05, 0.1) is 11.7 Å². The number of anilines is 1. The van der Waals surface area contributed by atoms with Crippen LogP contribution in [0, 0.1) is 18.8 Å². The summed E-state index contributed by atoms with van der Waals surface area (Å²) in [6.45, 7) is 11.7. The standard InChI is InChI=1S/C21H32BrN3O2/c1-13(2)15(4)23-21(27)17-8-10-25(11-9-17)16(5)20(26)24-19-7-6-14(3)12-18(19)22/h6-7,12-13,15-17H,8-11H2,1-5H3,(H,23,27)(H,24,26). The smallest absolute Gasteiger partial charge is 0.241 e. The number of carbonyl (C=O) groups excluding carboxylic acids is 2. The van der Waals surface area contributed by atoms with Crippen molar-refractivity contribution >= 4 is 33.4 Å². The Kier molecular flexibility index (Phi) is 7.86. The molecule has 5 nitrogen and oxygen atoms in total. The van der Waals surface area contributed by atoms with E-state index in [4.69, 9.17) is 0 Å². The molecule has 2 rings (SSSR count). The summed E-state index contributed by atoms with van der Waals surface area (Å²) >= 11 is 3.50. The van der Waals surface area contributed by atoms with Gasteiger partial charge < -0.3 is 10.6 Å². The molecule has 0 aliphatic carbocycles. The Bertz CT molecular complexity index is 669. The van der Waals surface area contributed by atoms with Crippen molar-refractivity contribution in [2.24, 2.45) is 11.8 Å². The quantitative estimate of drug-likeness (QED) is 0.707. The number of carbonyl (C=O) groups is 2. The number of hydrogen-bond donors (Lipinski definition) is 2. The van der Waals surface area contributed by atoms with Gasteiger partial charge in [-0.05, 0) is 86.2 Å². The molecule has 1 aromatic carbocycles. The minimum Gasteiger partial charge on any atom is -0.353 e. The Morgan fingerprint density at radius 3 is 2.33 bits per heavy atom. The number of nitrogens with zero attached hydrogens (tertiary/aromatic N) is 1. The van der Waals surface area contributed by atoms with Gasteiger partial charge in [-0.2, -0.15) is 0 Å². The Labute approximate surface area is 171 Å². The van der Waals surface area contributed by atoms with Gasteiger partial charge in [0.25, 0.3) is 0 Å². The summed E-state index contributed by atoms with van der Waals surface area (Å²) in [5, 5.41) is 6.12. The van der Waals surface area contributed by atoms with Crippen molar-refractivity contribution in [3.05, 3.63) is 28.2 Å². The zero-order valence-corrected chi connectivity index (χ0v) is 18.6. The maximum atomic E-state index is 12.6. The third-order valence-corrected chi connectivity index (χ3v) is 6.24. The van der Waals surface area contributed by atoms with Crippen molar-refractivity contribution < 1.29 is 9.59 Å². The number of benzene rings is 1. The maximum absolute atomic E-state index is 12.6. The predicted molar refractivity (Wildman–Crippen MR) is 114 cm³/mol. The second-order valence-electron chi connectivity index (χ2n) is 8.00. The first-order valence-corrected chi connectivity index (χ1v) is 10.6. The zero-order chi connectivity index (χ0) is 20.1. The molecule has 0 spiro atoms. The first kappa shape index (κ1) is 21.9. The lowest BCUT2D eigenvalue weighted by Crippen LogP contribution is -2.49. The highest BCUT2D eigenvalue weighted by atomic mass is 79.9. The average Bonchev–Trinajstić information content (AvgIpc) is 2.63. The molecular weight excluding hydrogens is 406 g/mol. The van der Waals surface area contributed by atoms with E-state index in [9.17, 15) is 9.59 Å². The number of halogens is 1. The number of nitrogens with one attached hydrogen (secondary N) is 2. The molecule has 2 N–H and O–H groups in total. The monoisotopic (exact) mass is 437 g/mol. The maximum Gasteiger partial charge on any atom is 0.241 e. The SMILES string of the molecule is Cc1ccc(NC(=O)C(C)N2CCC(C(=O)NC(C)C(C)C)CC2)c(Br)c1. The predicted octanol–water partition coefficient (Wildman–Crippen LogP) is 3.96. The number of aryl methyl sites for hydroxylation is 1. The Hall–Kier alpha value is -1.40. The molecule has 27 heavy (non-hydrogen) atoms. The highest BCUT2D eigenvalue weighted by Gasteiger charge is 2.30. The van der Waals surface area contributed by atoms with E-state index in [0.29, 0.717) is 5.92 Å². The fourth-order valence-electron chi connectivity index (χ4n) is 3.18. The molecule has 150 valence electrons. The number of hydrogen-bond acceptors (Lipinski definition) is 3. The molecule has 2 unspecified atom stereocenters. The van der Waals surface area contributed by atoms with Crippen molar-refractivity contribution in [1.82, 2.24) is 10.2 Å². The van der Waals surface area contributed by atoms with E-state index >= 15 is 0 Å². The summed E-state index contributed by atoms with van der Waals surface area (Å²) in [6, 6.07) is 5.84. The topological polar surface area (TPSA) is 61.4 Å². The summed E-state index contributed by atoms with van der Waals surface area (Å²) in [5.74, 6) is 0.607. The van der Waals surface area contributed by atoms with Gasteiger partial charge in [0.2, 0.25) is 11.8 Å². The fourth-order valence-corrected chi connectivity index (χ4v) is 3.77. The van der Waals surface area contributed by atoms with Crippen molar-refractivity contribution in [3.63, 3.8) is 0 Å². The minimum absolute atomic E-state index is 0.0177. The second-order valence-corrected chi connectivity index (χ2v) is 8.85. The van der Waals surface area contributed by atoms with Crippen molar-refractivity contribution in [1.29, 1.82) is 0 Å². The summed E-state index contributed by atoms with van der Waals surface area (Å²) in [6.07, 6.45) is 1.59. The highest BCUT2D eigenvalue weighted by molar-refractivity contribution is 9.10. The van der Waals surface area contributed by atoms with Gasteiger partial charge in [-0.15, -0.1) is 0 Å². The summed E-state index contributed by atoms with van der Waals surface area (Å²) in [7, 11) is 0. The van der Waals surface area contributed by atoms with Gasteiger partial charge in [0.1, 0.15) is 0 Å². The van der Waals surface area contributed by atoms with Crippen molar-refractivity contribution in [2.75, 3.05) is 18.4 Å². The van der Waals surface area contributed by atoms with Crippen LogP contribution in [-0.2, 0) is 9.59 Å². The Morgan fingerprint density at radius 2 is 1.78 bits per heavy atom. The van der Waals surface area contributed by atoms with Gasteiger partial charge in [-0.1, -0.05) is 19.9 Å². The van der Waals surface area contributed by atoms with E-state index in [-0.39, 0.29) is 29.8 Å². The van der Waals surface area contributed by atoms with Crippen LogP contribution in [0.1, 0.15) is 46.1 Å². The van der Waals surface area contributed by atoms with Crippen LogP contribution >= 0.6 is 15.9 Å². The normalized spacial score (nSPS) is 18.2. The lowest BCUT2D eigenvalue weighted by atomic mass is 9.94. The van der Waals surface area contributed by atoms with Crippen molar-refractivity contribution in [3.8, 4) is 0 Å². The molecule has 1 heterocycles. The van der Waals surface area contributed by atoms with E-state index < -0.39 is 0 Å². The minimum atomic E-state index is -0.225. The number of amides is 2. The molecule has 0 aromatic heterocycles. The van der Waals surface area contributed by atoms with Gasteiger partial charge in [-0.25, -0.2) is 0 Å². The van der Waals surface area contributed by atoms with Crippen LogP contribution in [0.4, 0.5) is 5.69 Å².